The van der Waals surface area contributed by atoms with Crippen molar-refractivity contribution in [3.05, 3.63) is 71.8 Å². The molecule has 7 nitrogen and oxygen atoms in total. The highest BCUT2D eigenvalue weighted by atomic mass is 16.2. The highest BCUT2D eigenvalue weighted by molar-refractivity contribution is 6.00. The van der Waals surface area contributed by atoms with Crippen LogP contribution in [0.2, 0.25) is 0 Å². The highest BCUT2D eigenvalue weighted by Crippen LogP contribution is 2.37. The number of carbonyl (C=O) groups is 2. The number of nitrogens with one attached hydrogen (secondary N) is 1. The van der Waals surface area contributed by atoms with Crippen LogP contribution in [-0.2, 0) is 22.6 Å². The number of piperidine rings is 2. The van der Waals surface area contributed by atoms with Crippen molar-refractivity contribution in [2.45, 2.75) is 75.5 Å². The second kappa shape index (κ2) is 13.1. The smallest absolute Gasteiger partial charge is 0.246 e. The maximum atomic E-state index is 14.1. The summed E-state index contributed by atoms with van der Waals surface area (Å²) in [7, 11) is 0. The first-order valence-corrected chi connectivity index (χ1v) is 15.0. The summed E-state index contributed by atoms with van der Waals surface area (Å²) in [6, 6.07) is 20.9. The van der Waals surface area contributed by atoms with Crippen LogP contribution in [0.15, 0.2) is 60.7 Å². The predicted molar refractivity (Wildman–Crippen MR) is 155 cm³/mol. The van der Waals surface area contributed by atoms with Gasteiger partial charge in [0.2, 0.25) is 11.8 Å². The summed E-state index contributed by atoms with van der Waals surface area (Å²) in [6.07, 6.45) is 6.66. The van der Waals surface area contributed by atoms with E-state index in [0.29, 0.717) is 25.8 Å². The number of benzene rings is 2. The molecule has 3 aliphatic rings. The molecule has 3 saturated heterocycles. The van der Waals surface area contributed by atoms with Crippen molar-refractivity contribution >= 4 is 11.8 Å². The van der Waals surface area contributed by atoms with Gasteiger partial charge in [0.25, 0.3) is 0 Å². The van der Waals surface area contributed by atoms with Gasteiger partial charge in [0.05, 0.1) is 0 Å². The van der Waals surface area contributed by atoms with Crippen molar-refractivity contribution in [1.82, 2.24) is 20.0 Å². The van der Waals surface area contributed by atoms with Crippen molar-refractivity contribution in [3.8, 4) is 0 Å². The van der Waals surface area contributed by atoms with E-state index in [1.165, 1.54) is 11.1 Å². The van der Waals surface area contributed by atoms with E-state index in [0.717, 1.165) is 71.4 Å². The summed E-state index contributed by atoms with van der Waals surface area (Å²) in [6.45, 7) is 6.11. The van der Waals surface area contributed by atoms with E-state index in [9.17, 15) is 9.59 Å². The van der Waals surface area contributed by atoms with Gasteiger partial charge in [-0.1, -0.05) is 60.7 Å². The van der Waals surface area contributed by atoms with Crippen LogP contribution < -0.4 is 11.1 Å². The van der Waals surface area contributed by atoms with E-state index in [1.54, 1.807) is 0 Å². The third-order valence-electron chi connectivity index (χ3n) is 9.09. The maximum Gasteiger partial charge on any atom is 0.246 e. The number of amides is 2. The minimum absolute atomic E-state index is 0.0641. The van der Waals surface area contributed by atoms with E-state index < -0.39 is 11.6 Å². The first-order valence-electron chi connectivity index (χ1n) is 15.0. The van der Waals surface area contributed by atoms with Gasteiger partial charge in [-0.3, -0.25) is 14.5 Å². The molecular formula is C32H45N5O2. The van der Waals surface area contributed by atoms with Gasteiger partial charge in [-0.25, -0.2) is 0 Å². The van der Waals surface area contributed by atoms with Crippen LogP contribution in [0.4, 0.5) is 0 Å². The molecule has 1 spiro atoms. The van der Waals surface area contributed by atoms with Crippen LogP contribution in [-0.4, -0.2) is 83.4 Å². The Bertz CT molecular complexity index is 1060. The summed E-state index contributed by atoms with van der Waals surface area (Å²) < 4.78 is 0. The lowest BCUT2D eigenvalue weighted by molar-refractivity contribution is -0.167. The number of hydrogen-bond donors (Lipinski definition) is 2. The molecule has 0 bridgehead atoms. The fourth-order valence-corrected chi connectivity index (χ4v) is 6.78. The minimum atomic E-state index is -0.725. The quantitative estimate of drug-likeness (QED) is 0.461. The molecule has 5 rings (SSSR count). The molecule has 2 aromatic carbocycles. The lowest BCUT2D eigenvalue weighted by atomic mass is 9.79. The molecule has 1 atom stereocenters. The monoisotopic (exact) mass is 531 g/mol. The van der Waals surface area contributed by atoms with Crippen molar-refractivity contribution < 1.29 is 9.59 Å². The van der Waals surface area contributed by atoms with E-state index in [4.69, 9.17) is 5.73 Å². The number of rotatable bonds is 10. The molecule has 210 valence electrons. The predicted octanol–water partition coefficient (Wildman–Crippen LogP) is 3.18. The molecule has 0 saturated carbocycles. The number of nitrogens with zero attached hydrogens (tertiary/aromatic N) is 3. The average Bonchev–Trinajstić information content (AvgIpc) is 2.97. The summed E-state index contributed by atoms with van der Waals surface area (Å²) in [5, 5.41) is 3.17. The number of carbonyl (C=O) groups excluding carboxylic acids is 2. The molecule has 3 aliphatic heterocycles. The first kappa shape index (κ1) is 27.8. The molecule has 0 aliphatic carbocycles. The van der Waals surface area contributed by atoms with Gasteiger partial charge in [-0.2, -0.15) is 0 Å². The second-order valence-corrected chi connectivity index (χ2v) is 11.6. The second-order valence-electron chi connectivity index (χ2n) is 11.6. The van der Waals surface area contributed by atoms with Crippen LogP contribution in [0.1, 0.15) is 56.1 Å². The fraction of sp³-hybridized carbons (Fsp3) is 0.562. The van der Waals surface area contributed by atoms with E-state index in [-0.39, 0.29) is 17.9 Å². The molecule has 2 aromatic rings. The number of hydrogen-bond acceptors (Lipinski definition) is 5. The zero-order valence-electron chi connectivity index (χ0n) is 23.3. The number of nitrogens with two attached hydrogens (primary N) is 1. The molecule has 39 heavy (non-hydrogen) atoms. The Kier molecular flexibility index (Phi) is 9.32. The van der Waals surface area contributed by atoms with Crippen molar-refractivity contribution in [2.24, 2.45) is 5.73 Å². The summed E-state index contributed by atoms with van der Waals surface area (Å²) >= 11 is 0. The lowest BCUT2D eigenvalue weighted by Crippen LogP contribution is -2.75. The maximum absolute atomic E-state index is 14.1. The lowest BCUT2D eigenvalue weighted by Gasteiger charge is -2.55. The topological polar surface area (TPSA) is 81.9 Å². The number of likely N-dealkylation sites (tertiary alicyclic amines) is 2. The number of piperazine rings is 1. The van der Waals surface area contributed by atoms with Gasteiger partial charge in [-0.15, -0.1) is 0 Å². The average molecular weight is 532 g/mol. The zero-order valence-corrected chi connectivity index (χ0v) is 23.3. The van der Waals surface area contributed by atoms with Gasteiger partial charge in [0.15, 0.2) is 0 Å². The first-order chi connectivity index (χ1) is 19.1. The Hall–Kier alpha value is -2.74. The van der Waals surface area contributed by atoms with Crippen molar-refractivity contribution in [3.63, 3.8) is 0 Å². The minimum Gasteiger partial charge on any atom is -0.342 e. The Morgan fingerprint density at radius 1 is 0.821 bits per heavy atom. The summed E-state index contributed by atoms with van der Waals surface area (Å²) in [5.74, 6) is 0.195. The van der Waals surface area contributed by atoms with Crippen molar-refractivity contribution in [2.75, 3.05) is 39.3 Å². The SMILES string of the molecule is NCCCC[C@@H]1NC(=O)C2(CCN(CCc3ccccc3)CC2)N(C2CCN(Cc3ccccc3)CC2)C1=O. The normalized spacial score (nSPS) is 22.8. The third-order valence-corrected chi connectivity index (χ3v) is 9.09. The summed E-state index contributed by atoms with van der Waals surface area (Å²) in [5.41, 5.74) is 7.65. The highest BCUT2D eigenvalue weighted by Gasteiger charge is 2.55. The molecule has 0 radical (unpaired) electrons. The van der Waals surface area contributed by atoms with Crippen molar-refractivity contribution in [1.29, 1.82) is 0 Å². The van der Waals surface area contributed by atoms with Crippen LogP contribution >= 0.6 is 0 Å². The molecule has 0 unspecified atom stereocenters. The van der Waals surface area contributed by atoms with Crippen LogP contribution in [0.3, 0.4) is 0 Å². The van der Waals surface area contributed by atoms with Gasteiger partial charge in [-0.05, 0) is 69.0 Å². The molecule has 3 N–H and O–H groups in total. The van der Waals surface area contributed by atoms with Gasteiger partial charge in [0.1, 0.15) is 11.6 Å². The molecule has 3 heterocycles. The van der Waals surface area contributed by atoms with Crippen LogP contribution in [0.25, 0.3) is 0 Å². The molecular weight excluding hydrogens is 486 g/mol. The fourth-order valence-electron chi connectivity index (χ4n) is 6.78. The Morgan fingerprint density at radius 2 is 1.46 bits per heavy atom. The van der Waals surface area contributed by atoms with Crippen LogP contribution in [0, 0.1) is 0 Å². The number of unbranched alkanes of at least 4 members (excludes halogenated alkanes) is 1. The Morgan fingerprint density at radius 3 is 2.10 bits per heavy atom. The zero-order chi connectivity index (χ0) is 27.1. The van der Waals surface area contributed by atoms with E-state index >= 15 is 0 Å². The van der Waals surface area contributed by atoms with Crippen LogP contribution in [0.5, 0.6) is 0 Å². The molecule has 0 aromatic heterocycles. The Balaban J connectivity index is 1.26. The summed E-state index contributed by atoms with van der Waals surface area (Å²) in [4.78, 5) is 34.9. The standard InChI is InChI=1S/C32H45N5O2/c33-19-8-7-13-29-30(38)37(28-15-21-36(22-16-28)25-27-11-5-2-6-12-27)32(31(39)34-29)17-23-35(24-18-32)20-14-26-9-3-1-4-10-26/h1-6,9-12,28-29H,7-8,13-25,33H2,(H,34,39)/t29-/m0/s1. The largest absolute Gasteiger partial charge is 0.342 e. The molecule has 3 fully saturated rings. The van der Waals surface area contributed by atoms with Gasteiger partial charge >= 0.3 is 0 Å². The van der Waals surface area contributed by atoms with Gasteiger partial charge in [0, 0.05) is 45.3 Å². The van der Waals surface area contributed by atoms with E-state index in [2.05, 4.69) is 80.7 Å². The third kappa shape index (κ3) is 6.53. The molecule has 2 amide bonds. The van der Waals surface area contributed by atoms with E-state index in [1.807, 2.05) is 0 Å². The molecule has 7 heteroatoms. The van der Waals surface area contributed by atoms with Gasteiger partial charge < -0.3 is 20.9 Å². The Labute approximate surface area is 233 Å².